The molecule has 0 bridgehead atoms. The van der Waals surface area contributed by atoms with E-state index >= 15 is 0 Å². The van der Waals surface area contributed by atoms with Crippen molar-refractivity contribution in [2.24, 2.45) is 0 Å². The van der Waals surface area contributed by atoms with Crippen molar-refractivity contribution in [3.63, 3.8) is 0 Å². The number of nitro groups is 1. The van der Waals surface area contributed by atoms with Crippen LogP contribution in [0.15, 0.2) is 30.5 Å². The number of hydrogen-bond acceptors (Lipinski definition) is 3. The van der Waals surface area contributed by atoms with Gasteiger partial charge in [0.2, 0.25) is 6.20 Å². The van der Waals surface area contributed by atoms with Crippen LogP contribution >= 0.6 is 11.6 Å². The van der Waals surface area contributed by atoms with Crippen LogP contribution < -0.4 is 0 Å². The van der Waals surface area contributed by atoms with Crippen LogP contribution in [0.4, 0.5) is 0 Å². The number of benzene rings is 1. The molecule has 1 aromatic rings. The standard InChI is InChI=1S/C9H6ClNO3/c10-9(12)8-3-1-7(2-4-8)5-6-11(13)14/h1-6H. The summed E-state index contributed by atoms with van der Waals surface area (Å²) in [5, 5.41) is 9.44. The molecule has 4 nitrogen and oxygen atoms in total. The van der Waals surface area contributed by atoms with E-state index in [2.05, 4.69) is 0 Å². The fraction of sp³-hybridized carbons (Fsp3) is 0. The number of nitrogens with zero attached hydrogens (tertiary/aromatic N) is 1. The van der Waals surface area contributed by atoms with Gasteiger partial charge in [-0.05, 0) is 29.3 Å². The number of carbonyl (C=O) groups excluding carboxylic acids is 1. The molecule has 0 aromatic heterocycles. The summed E-state index contributed by atoms with van der Waals surface area (Å²) in [6, 6.07) is 6.18. The van der Waals surface area contributed by atoms with Gasteiger partial charge in [0.25, 0.3) is 5.24 Å². The Hall–Kier alpha value is -1.68. The van der Waals surface area contributed by atoms with Gasteiger partial charge in [0.15, 0.2) is 0 Å². The van der Waals surface area contributed by atoms with E-state index in [4.69, 9.17) is 11.6 Å². The summed E-state index contributed by atoms with van der Waals surface area (Å²) in [6.07, 6.45) is 2.17. The normalized spacial score (nSPS) is 10.4. The zero-order valence-corrected chi connectivity index (χ0v) is 7.77. The van der Waals surface area contributed by atoms with Crippen molar-refractivity contribution in [2.75, 3.05) is 0 Å². The summed E-state index contributed by atoms with van der Waals surface area (Å²) in [6.45, 7) is 0. The van der Waals surface area contributed by atoms with Crippen molar-refractivity contribution < 1.29 is 9.72 Å². The quantitative estimate of drug-likeness (QED) is 0.438. The van der Waals surface area contributed by atoms with Crippen LogP contribution in [0, 0.1) is 10.1 Å². The smallest absolute Gasteiger partial charge is 0.252 e. The summed E-state index contributed by atoms with van der Waals surface area (Å²) in [5.41, 5.74) is 1.01. The van der Waals surface area contributed by atoms with Gasteiger partial charge in [-0.3, -0.25) is 14.9 Å². The van der Waals surface area contributed by atoms with Crippen LogP contribution in [-0.2, 0) is 0 Å². The highest BCUT2D eigenvalue weighted by atomic mass is 35.5. The van der Waals surface area contributed by atoms with Crippen molar-refractivity contribution >= 4 is 22.9 Å². The van der Waals surface area contributed by atoms with Crippen LogP contribution in [-0.4, -0.2) is 10.2 Å². The summed E-state index contributed by atoms with van der Waals surface area (Å²) >= 11 is 5.22. The van der Waals surface area contributed by atoms with Gasteiger partial charge in [-0.2, -0.15) is 0 Å². The third-order valence-corrected chi connectivity index (χ3v) is 1.74. The van der Waals surface area contributed by atoms with E-state index in [1.54, 1.807) is 12.1 Å². The van der Waals surface area contributed by atoms with E-state index in [-0.39, 0.29) is 0 Å². The summed E-state index contributed by atoms with van der Waals surface area (Å²) < 4.78 is 0. The molecule has 0 radical (unpaired) electrons. The molecular weight excluding hydrogens is 206 g/mol. The van der Waals surface area contributed by atoms with Crippen LogP contribution in [0.1, 0.15) is 15.9 Å². The van der Waals surface area contributed by atoms with E-state index in [1.165, 1.54) is 18.2 Å². The molecule has 0 fully saturated rings. The number of carbonyl (C=O) groups is 1. The Morgan fingerprint density at radius 1 is 1.36 bits per heavy atom. The lowest BCUT2D eigenvalue weighted by atomic mass is 10.1. The lowest BCUT2D eigenvalue weighted by Gasteiger charge is -1.93. The molecule has 0 aliphatic heterocycles. The van der Waals surface area contributed by atoms with Crippen LogP contribution in [0.25, 0.3) is 6.08 Å². The summed E-state index contributed by atoms with van der Waals surface area (Å²) in [7, 11) is 0. The minimum atomic E-state index is -0.555. The van der Waals surface area contributed by atoms with E-state index < -0.39 is 10.2 Å². The van der Waals surface area contributed by atoms with Gasteiger partial charge in [-0.1, -0.05) is 12.1 Å². The molecule has 1 rings (SSSR count). The van der Waals surface area contributed by atoms with E-state index in [1.807, 2.05) is 0 Å². The molecule has 0 unspecified atom stereocenters. The number of rotatable bonds is 3. The second-order valence-corrected chi connectivity index (χ2v) is 2.84. The molecule has 1 aromatic carbocycles. The molecule has 5 heteroatoms. The minimum absolute atomic E-state index is 0.366. The van der Waals surface area contributed by atoms with Crippen molar-refractivity contribution in [1.82, 2.24) is 0 Å². The first-order valence-electron chi connectivity index (χ1n) is 3.71. The summed E-state index contributed by atoms with van der Waals surface area (Å²) in [4.78, 5) is 20.1. The molecule has 0 N–H and O–H groups in total. The molecule has 0 spiro atoms. The average Bonchev–Trinajstić information content (AvgIpc) is 2.15. The van der Waals surface area contributed by atoms with Crippen molar-refractivity contribution in [3.8, 4) is 0 Å². The van der Waals surface area contributed by atoms with Crippen LogP contribution in [0.2, 0.25) is 0 Å². The first-order chi connectivity index (χ1) is 6.59. The maximum atomic E-state index is 10.7. The highest BCUT2D eigenvalue weighted by Crippen LogP contribution is 2.08. The van der Waals surface area contributed by atoms with E-state index in [0.717, 1.165) is 6.20 Å². The van der Waals surface area contributed by atoms with E-state index in [0.29, 0.717) is 11.1 Å². The lowest BCUT2D eigenvalue weighted by Crippen LogP contribution is -1.88. The van der Waals surface area contributed by atoms with Crippen molar-refractivity contribution in [3.05, 3.63) is 51.7 Å². The second-order valence-electron chi connectivity index (χ2n) is 2.50. The zero-order chi connectivity index (χ0) is 10.6. The van der Waals surface area contributed by atoms with Gasteiger partial charge < -0.3 is 0 Å². The van der Waals surface area contributed by atoms with Crippen LogP contribution in [0.5, 0.6) is 0 Å². The van der Waals surface area contributed by atoms with Gasteiger partial charge in [0, 0.05) is 11.6 Å². The highest BCUT2D eigenvalue weighted by Gasteiger charge is 1.99. The summed E-state index contributed by atoms with van der Waals surface area (Å²) in [5.74, 6) is 0. The Balaban J connectivity index is 2.83. The van der Waals surface area contributed by atoms with Gasteiger partial charge in [-0.15, -0.1) is 0 Å². The van der Waals surface area contributed by atoms with E-state index in [9.17, 15) is 14.9 Å². The molecule has 0 aliphatic rings. The maximum Gasteiger partial charge on any atom is 0.252 e. The van der Waals surface area contributed by atoms with Gasteiger partial charge in [0.05, 0.1) is 4.92 Å². The Bertz CT molecular complexity index is 384. The van der Waals surface area contributed by atoms with Crippen molar-refractivity contribution in [1.29, 1.82) is 0 Å². The molecular formula is C9H6ClNO3. The molecule has 0 saturated carbocycles. The third-order valence-electron chi connectivity index (χ3n) is 1.53. The number of hydrogen-bond donors (Lipinski definition) is 0. The molecule has 72 valence electrons. The Morgan fingerprint density at radius 3 is 2.36 bits per heavy atom. The maximum absolute atomic E-state index is 10.7. The minimum Gasteiger partial charge on any atom is -0.276 e. The first kappa shape index (κ1) is 10.4. The Kier molecular flexibility index (Phi) is 3.36. The van der Waals surface area contributed by atoms with Gasteiger partial charge in [-0.25, -0.2) is 0 Å². The monoisotopic (exact) mass is 211 g/mol. The molecule has 0 saturated heterocycles. The molecule has 0 aliphatic carbocycles. The SMILES string of the molecule is O=C(Cl)c1ccc(C=C[N+](=O)[O-])cc1. The second kappa shape index (κ2) is 4.53. The Labute approximate surface area is 85.0 Å². The highest BCUT2D eigenvalue weighted by molar-refractivity contribution is 6.67. The topological polar surface area (TPSA) is 60.2 Å². The average molecular weight is 212 g/mol. The fourth-order valence-electron chi connectivity index (χ4n) is 0.872. The fourth-order valence-corrected chi connectivity index (χ4v) is 0.998. The van der Waals surface area contributed by atoms with Crippen LogP contribution in [0.3, 0.4) is 0 Å². The predicted molar refractivity (Wildman–Crippen MR) is 52.7 cm³/mol. The van der Waals surface area contributed by atoms with Crippen molar-refractivity contribution in [2.45, 2.75) is 0 Å². The molecule has 0 amide bonds. The molecule has 14 heavy (non-hydrogen) atoms. The molecule has 0 atom stereocenters. The van der Waals surface area contributed by atoms with Gasteiger partial charge >= 0.3 is 0 Å². The first-order valence-corrected chi connectivity index (χ1v) is 4.09. The third kappa shape index (κ3) is 2.99. The number of halogens is 1. The predicted octanol–water partition coefficient (Wildman–Crippen LogP) is 2.31. The van der Waals surface area contributed by atoms with Gasteiger partial charge in [0.1, 0.15) is 0 Å². The lowest BCUT2D eigenvalue weighted by molar-refractivity contribution is -0.400. The molecule has 0 heterocycles. The largest absolute Gasteiger partial charge is 0.276 e. The Morgan fingerprint density at radius 2 is 1.93 bits per heavy atom. The zero-order valence-electron chi connectivity index (χ0n) is 7.01.